The summed E-state index contributed by atoms with van der Waals surface area (Å²) in [6.45, 7) is 4.20. The van der Waals surface area contributed by atoms with Crippen LogP contribution in [0.25, 0.3) is 0 Å². The normalized spacial score (nSPS) is 16.6. The molecule has 1 aromatic rings. The highest BCUT2D eigenvalue weighted by molar-refractivity contribution is 7.99. The van der Waals surface area contributed by atoms with E-state index in [1.165, 1.54) is 12.8 Å². The van der Waals surface area contributed by atoms with Crippen LogP contribution >= 0.6 is 35.8 Å². The molecule has 1 N–H and O–H groups in total. The second kappa shape index (κ2) is 7.41. The molecule has 0 unspecified atom stereocenters. The molecule has 0 radical (unpaired) electrons. The Labute approximate surface area is 118 Å². The molecule has 1 saturated heterocycles. The van der Waals surface area contributed by atoms with Gasteiger partial charge in [0.05, 0.1) is 0 Å². The summed E-state index contributed by atoms with van der Waals surface area (Å²) in [5.74, 6) is 1.89. The van der Waals surface area contributed by atoms with Crippen molar-refractivity contribution >= 4 is 35.8 Å². The van der Waals surface area contributed by atoms with Gasteiger partial charge in [-0.15, -0.1) is 12.4 Å². The maximum atomic E-state index is 5.96. The van der Waals surface area contributed by atoms with Gasteiger partial charge in [0.1, 0.15) is 5.15 Å². The number of rotatable bonds is 3. The standard InChI is InChI=1S/C11H16ClN3S.ClH/c1-8-6-14-11(15-10(8)12)16-7-9-2-4-13-5-3-9;/h6,9,13H,2-5,7H2,1H3;1H. The molecule has 0 atom stereocenters. The fourth-order valence-corrected chi connectivity index (χ4v) is 2.90. The fraction of sp³-hybridized carbons (Fsp3) is 0.636. The topological polar surface area (TPSA) is 37.8 Å². The summed E-state index contributed by atoms with van der Waals surface area (Å²) >= 11 is 7.68. The fourth-order valence-electron chi connectivity index (χ4n) is 1.72. The molecule has 1 aromatic heterocycles. The van der Waals surface area contributed by atoms with Gasteiger partial charge < -0.3 is 5.32 Å². The maximum Gasteiger partial charge on any atom is 0.188 e. The van der Waals surface area contributed by atoms with E-state index in [9.17, 15) is 0 Å². The number of nitrogens with one attached hydrogen (secondary N) is 1. The van der Waals surface area contributed by atoms with Crippen molar-refractivity contribution in [2.24, 2.45) is 5.92 Å². The van der Waals surface area contributed by atoms with Crippen LogP contribution in [0.2, 0.25) is 5.15 Å². The molecule has 17 heavy (non-hydrogen) atoms. The summed E-state index contributed by atoms with van der Waals surface area (Å²) in [5, 5.41) is 4.74. The molecule has 96 valence electrons. The van der Waals surface area contributed by atoms with Gasteiger partial charge in [-0.3, -0.25) is 0 Å². The minimum Gasteiger partial charge on any atom is -0.317 e. The maximum absolute atomic E-state index is 5.96. The lowest BCUT2D eigenvalue weighted by atomic mass is 10.0. The lowest BCUT2D eigenvalue weighted by Gasteiger charge is -2.21. The van der Waals surface area contributed by atoms with Crippen molar-refractivity contribution in [1.82, 2.24) is 15.3 Å². The van der Waals surface area contributed by atoms with E-state index in [2.05, 4.69) is 15.3 Å². The third-order valence-corrected chi connectivity index (χ3v) is 4.27. The molecule has 2 rings (SSSR count). The van der Waals surface area contributed by atoms with Gasteiger partial charge in [0, 0.05) is 17.5 Å². The summed E-state index contributed by atoms with van der Waals surface area (Å²) in [7, 11) is 0. The van der Waals surface area contributed by atoms with Crippen LogP contribution in [0.1, 0.15) is 18.4 Å². The van der Waals surface area contributed by atoms with Crippen molar-refractivity contribution in [1.29, 1.82) is 0 Å². The monoisotopic (exact) mass is 293 g/mol. The van der Waals surface area contributed by atoms with Crippen molar-refractivity contribution in [3.8, 4) is 0 Å². The van der Waals surface area contributed by atoms with Crippen molar-refractivity contribution in [3.05, 3.63) is 16.9 Å². The summed E-state index contributed by atoms with van der Waals surface area (Å²) in [6.07, 6.45) is 4.30. The highest BCUT2D eigenvalue weighted by Gasteiger charge is 2.14. The van der Waals surface area contributed by atoms with Crippen LogP contribution < -0.4 is 5.32 Å². The zero-order valence-corrected chi connectivity index (χ0v) is 12.2. The molecule has 0 saturated carbocycles. The van der Waals surface area contributed by atoms with Gasteiger partial charge >= 0.3 is 0 Å². The Morgan fingerprint density at radius 2 is 2.18 bits per heavy atom. The lowest BCUT2D eigenvalue weighted by Crippen LogP contribution is -2.28. The third kappa shape index (κ3) is 4.62. The van der Waals surface area contributed by atoms with Gasteiger partial charge in [-0.05, 0) is 38.8 Å². The van der Waals surface area contributed by atoms with Crippen molar-refractivity contribution in [2.45, 2.75) is 24.9 Å². The number of piperidine rings is 1. The van der Waals surface area contributed by atoms with Crippen molar-refractivity contribution < 1.29 is 0 Å². The number of thioether (sulfide) groups is 1. The van der Waals surface area contributed by atoms with Crippen LogP contribution in [-0.4, -0.2) is 28.8 Å². The van der Waals surface area contributed by atoms with Crippen LogP contribution in [0.15, 0.2) is 11.4 Å². The average Bonchev–Trinajstić information content (AvgIpc) is 2.32. The Morgan fingerprint density at radius 3 is 2.82 bits per heavy atom. The molecule has 0 aliphatic carbocycles. The summed E-state index contributed by atoms with van der Waals surface area (Å²) in [4.78, 5) is 8.53. The van der Waals surface area contributed by atoms with Gasteiger partial charge in [0.15, 0.2) is 5.16 Å². The highest BCUT2D eigenvalue weighted by Crippen LogP contribution is 2.23. The molecular weight excluding hydrogens is 277 g/mol. The Balaban J connectivity index is 0.00000144. The smallest absolute Gasteiger partial charge is 0.188 e. The first kappa shape index (κ1) is 15.0. The molecule has 6 heteroatoms. The summed E-state index contributed by atoms with van der Waals surface area (Å²) in [6, 6.07) is 0. The quantitative estimate of drug-likeness (QED) is 0.528. The first-order chi connectivity index (χ1) is 7.75. The molecule has 1 fully saturated rings. The number of aromatic nitrogens is 2. The van der Waals surface area contributed by atoms with Gasteiger partial charge in [-0.1, -0.05) is 23.4 Å². The molecule has 2 heterocycles. The van der Waals surface area contributed by atoms with Crippen LogP contribution in [0.3, 0.4) is 0 Å². The molecule has 3 nitrogen and oxygen atoms in total. The highest BCUT2D eigenvalue weighted by atomic mass is 35.5. The van der Waals surface area contributed by atoms with Gasteiger partial charge in [0.2, 0.25) is 0 Å². The zero-order chi connectivity index (χ0) is 11.4. The number of aryl methyl sites for hydroxylation is 1. The van der Waals surface area contributed by atoms with E-state index in [1.807, 2.05) is 6.92 Å². The first-order valence-corrected chi connectivity index (χ1v) is 6.94. The first-order valence-electron chi connectivity index (χ1n) is 5.58. The van der Waals surface area contributed by atoms with Gasteiger partial charge in [0.25, 0.3) is 0 Å². The molecular formula is C11H17Cl2N3S. The van der Waals surface area contributed by atoms with Crippen LogP contribution in [-0.2, 0) is 0 Å². The Hall–Kier alpha value is -0.0300. The van der Waals surface area contributed by atoms with E-state index in [0.29, 0.717) is 5.15 Å². The predicted octanol–water partition coefficient (Wildman–Crippen LogP) is 2.95. The summed E-state index contributed by atoms with van der Waals surface area (Å²) in [5.41, 5.74) is 0.938. The third-order valence-electron chi connectivity index (χ3n) is 2.79. The van der Waals surface area contributed by atoms with Crippen molar-refractivity contribution in [2.75, 3.05) is 18.8 Å². The van der Waals surface area contributed by atoms with Crippen LogP contribution in [0, 0.1) is 12.8 Å². The average molecular weight is 294 g/mol. The van der Waals surface area contributed by atoms with Crippen LogP contribution in [0.5, 0.6) is 0 Å². The Kier molecular flexibility index (Phi) is 6.55. The Morgan fingerprint density at radius 1 is 1.47 bits per heavy atom. The predicted molar refractivity (Wildman–Crippen MR) is 75.3 cm³/mol. The Bertz CT molecular complexity index is 357. The SMILES string of the molecule is Cc1cnc(SCC2CCNCC2)nc1Cl.Cl. The molecule has 0 amide bonds. The van der Waals surface area contributed by atoms with Gasteiger partial charge in [-0.25, -0.2) is 9.97 Å². The minimum absolute atomic E-state index is 0. The minimum atomic E-state index is 0. The molecule has 1 aliphatic heterocycles. The van der Waals surface area contributed by atoms with E-state index in [0.717, 1.165) is 35.5 Å². The number of nitrogens with zero attached hydrogens (tertiary/aromatic N) is 2. The number of hydrogen-bond donors (Lipinski definition) is 1. The second-order valence-corrected chi connectivity index (χ2v) is 5.48. The van der Waals surface area contributed by atoms with E-state index in [-0.39, 0.29) is 12.4 Å². The molecule has 0 bridgehead atoms. The van der Waals surface area contributed by atoms with Crippen molar-refractivity contribution in [3.63, 3.8) is 0 Å². The zero-order valence-electron chi connectivity index (χ0n) is 9.78. The number of halogens is 2. The van der Waals surface area contributed by atoms with E-state index in [4.69, 9.17) is 11.6 Å². The number of hydrogen-bond acceptors (Lipinski definition) is 4. The van der Waals surface area contributed by atoms with E-state index in [1.54, 1.807) is 18.0 Å². The second-order valence-electron chi connectivity index (χ2n) is 4.13. The molecule has 0 spiro atoms. The largest absolute Gasteiger partial charge is 0.317 e. The van der Waals surface area contributed by atoms with E-state index >= 15 is 0 Å². The van der Waals surface area contributed by atoms with E-state index < -0.39 is 0 Å². The van der Waals surface area contributed by atoms with Gasteiger partial charge in [-0.2, -0.15) is 0 Å². The molecule has 1 aliphatic rings. The summed E-state index contributed by atoms with van der Waals surface area (Å²) < 4.78 is 0. The molecule has 0 aromatic carbocycles. The van der Waals surface area contributed by atoms with Crippen LogP contribution in [0.4, 0.5) is 0 Å². The lowest BCUT2D eigenvalue weighted by molar-refractivity contribution is 0.407.